The number of carbonyl (C=O) groups is 1. The molecular weight excluding hydrogens is 366 g/mol. The highest BCUT2D eigenvalue weighted by molar-refractivity contribution is 5.74. The normalized spacial score (nSPS) is 14.1. The molecule has 2 heterocycles. The minimum Gasteiger partial charge on any atom is -0.497 e. The van der Waals surface area contributed by atoms with Crippen molar-refractivity contribution in [3.8, 4) is 11.8 Å². The van der Waals surface area contributed by atoms with Crippen molar-refractivity contribution >= 4 is 11.8 Å². The van der Waals surface area contributed by atoms with Gasteiger partial charge in [-0.15, -0.1) is 0 Å². The molecule has 1 aromatic heterocycles. The highest BCUT2D eigenvalue weighted by atomic mass is 16.5. The first-order valence-corrected chi connectivity index (χ1v) is 9.97. The second kappa shape index (κ2) is 10.3. The van der Waals surface area contributed by atoms with Crippen molar-refractivity contribution in [2.75, 3.05) is 44.7 Å². The fourth-order valence-electron chi connectivity index (χ4n) is 3.46. The molecule has 0 unspecified atom stereocenters. The SMILES string of the molecule is COc1ccc(CCCNC(=O)N2CCCN(c3ncccc3C#N)CC2)cc1. The van der Waals surface area contributed by atoms with Crippen LogP contribution in [-0.2, 0) is 6.42 Å². The Balaban J connectivity index is 1.44. The minimum absolute atomic E-state index is 0.0249. The van der Waals surface area contributed by atoms with E-state index in [1.54, 1.807) is 25.4 Å². The first kappa shape index (κ1) is 20.5. The first-order valence-electron chi connectivity index (χ1n) is 9.97. The van der Waals surface area contributed by atoms with E-state index in [9.17, 15) is 10.1 Å². The van der Waals surface area contributed by atoms with Crippen molar-refractivity contribution in [2.45, 2.75) is 19.3 Å². The number of nitrogens with one attached hydrogen (secondary N) is 1. The number of anilines is 1. The molecule has 0 spiro atoms. The molecule has 1 fully saturated rings. The lowest BCUT2D eigenvalue weighted by atomic mass is 10.1. The Morgan fingerprint density at radius 1 is 1.21 bits per heavy atom. The fraction of sp³-hybridized carbons (Fsp3) is 0.409. The van der Waals surface area contributed by atoms with Gasteiger partial charge in [0.05, 0.1) is 12.7 Å². The molecule has 0 bridgehead atoms. The minimum atomic E-state index is -0.0249. The van der Waals surface area contributed by atoms with Crippen molar-refractivity contribution in [3.05, 3.63) is 53.7 Å². The Labute approximate surface area is 171 Å². The van der Waals surface area contributed by atoms with Gasteiger partial charge in [0.1, 0.15) is 17.6 Å². The lowest BCUT2D eigenvalue weighted by Gasteiger charge is -2.23. The van der Waals surface area contributed by atoms with Gasteiger partial charge >= 0.3 is 6.03 Å². The number of nitrogens with zero attached hydrogens (tertiary/aromatic N) is 4. The van der Waals surface area contributed by atoms with Crippen LogP contribution in [0.1, 0.15) is 24.0 Å². The van der Waals surface area contributed by atoms with Crippen LogP contribution in [0, 0.1) is 11.3 Å². The van der Waals surface area contributed by atoms with Gasteiger partial charge in [0.25, 0.3) is 0 Å². The van der Waals surface area contributed by atoms with Gasteiger partial charge in [0.2, 0.25) is 0 Å². The number of pyridine rings is 1. The molecule has 1 N–H and O–H groups in total. The molecule has 7 nitrogen and oxygen atoms in total. The van der Waals surface area contributed by atoms with Gasteiger partial charge in [0.15, 0.2) is 0 Å². The zero-order valence-corrected chi connectivity index (χ0v) is 16.8. The molecule has 152 valence electrons. The van der Waals surface area contributed by atoms with Crippen LogP contribution in [-0.4, -0.2) is 55.7 Å². The smallest absolute Gasteiger partial charge is 0.317 e. The summed E-state index contributed by atoms with van der Waals surface area (Å²) < 4.78 is 5.17. The van der Waals surface area contributed by atoms with Crippen molar-refractivity contribution in [1.82, 2.24) is 15.2 Å². The summed E-state index contributed by atoms with van der Waals surface area (Å²) in [5, 5.41) is 12.3. The number of hydrogen-bond donors (Lipinski definition) is 1. The number of nitriles is 1. The number of urea groups is 1. The Morgan fingerprint density at radius 3 is 2.79 bits per heavy atom. The predicted molar refractivity (Wildman–Crippen MR) is 112 cm³/mol. The van der Waals surface area contributed by atoms with Crippen LogP contribution >= 0.6 is 0 Å². The zero-order chi connectivity index (χ0) is 20.5. The Bertz CT molecular complexity index is 847. The van der Waals surface area contributed by atoms with E-state index < -0.39 is 0 Å². The number of hydrogen-bond acceptors (Lipinski definition) is 5. The summed E-state index contributed by atoms with van der Waals surface area (Å²) in [6.07, 6.45) is 4.35. The van der Waals surface area contributed by atoms with Gasteiger partial charge in [-0.3, -0.25) is 0 Å². The largest absolute Gasteiger partial charge is 0.497 e. The number of aromatic nitrogens is 1. The molecular formula is C22H27N5O2. The van der Waals surface area contributed by atoms with E-state index in [0.29, 0.717) is 37.6 Å². The molecule has 1 aromatic carbocycles. The Morgan fingerprint density at radius 2 is 2.03 bits per heavy atom. The molecule has 0 aliphatic carbocycles. The Kier molecular flexibility index (Phi) is 7.28. The molecule has 1 aliphatic heterocycles. The van der Waals surface area contributed by atoms with E-state index >= 15 is 0 Å². The van der Waals surface area contributed by atoms with E-state index in [-0.39, 0.29) is 6.03 Å². The molecule has 1 saturated heterocycles. The van der Waals surface area contributed by atoms with Crippen LogP contribution in [0.5, 0.6) is 5.75 Å². The van der Waals surface area contributed by atoms with Crippen LogP contribution in [0.4, 0.5) is 10.6 Å². The van der Waals surface area contributed by atoms with E-state index in [0.717, 1.165) is 31.6 Å². The fourth-order valence-corrected chi connectivity index (χ4v) is 3.46. The molecule has 1 aliphatic rings. The zero-order valence-electron chi connectivity index (χ0n) is 16.8. The topological polar surface area (TPSA) is 81.5 Å². The standard InChI is InChI=1S/C22H27N5O2/c1-29-20-9-7-18(8-10-20)5-2-12-25-22(28)27-14-4-13-26(15-16-27)21-19(17-23)6-3-11-24-21/h3,6-11H,2,4-5,12-16H2,1H3,(H,25,28). The Hall–Kier alpha value is -3.27. The summed E-state index contributed by atoms with van der Waals surface area (Å²) in [4.78, 5) is 20.8. The molecule has 3 rings (SSSR count). The number of methoxy groups -OCH3 is 1. The molecule has 2 aromatic rings. The summed E-state index contributed by atoms with van der Waals surface area (Å²) in [5.41, 5.74) is 1.80. The van der Waals surface area contributed by atoms with E-state index in [2.05, 4.69) is 33.4 Å². The summed E-state index contributed by atoms with van der Waals surface area (Å²) in [6, 6.07) is 13.7. The van der Waals surface area contributed by atoms with Crippen LogP contribution in [0.2, 0.25) is 0 Å². The van der Waals surface area contributed by atoms with E-state index in [1.165, 1.54) is 5.56 Å². The lowest BCUT2D eigenvalue weighted by Crippen LogP contribution is -2.42. The molecule has 0 saturated carbocycles. The maximum atomic E-state index is 12.5. The van der Waals surface area contributed by atoms with Crippen molar-refractivity contribution in [3.63, 3.8) is 0 Å². The number of amides is 2. The highest BCUT2D eigenvalue weighted by Gasteiger charge is 2.21. The quantitative estimate of drug-likeness (QED) is 0.763. The van der Waals surface area contributed by atoms with Crippen molar-refractivity contribution in [1.29, 1.82) is 5.26 Å². The first-order chi connectivity index (χ1) is 14.2. The van der Waals surface area contributed by atoms with Crippen LogP contribution in [0.15, 0.2) is 42.6 Å². The third-order valence-electron chi connectivity index (χ3n) is 5.07. The third-order valence-corrected chi connectivity index (χ3v) is 5.07. The average molecular weight is 393 g/mol. The highest BCUT2D eigenvalue weighted by Crippen LogP contribution is 2.18. The summed E-state index contributed by atoms with van der Waals surface area (Å²) in [5.74, 6) is 1.56. The van der Waals surface area contributed by atoms with Crippen LogP contribution < -0.4 is 15.0 Å². The predicted octanol–water partition coefficient (Wildman–Crippen LogP) is 2.82. The van der Waals surface area contributed by atoms with Gasteiger partial charge in [-0.1, -0.05) is 12.1 Å². The van der Waals surface area contributed by atoms with Gasteiger partial charge in [-0.25, -0.2) is 9.78 Å². The third kappa shape index (κ3) is 5.61. The summed E-state index contributed by atoms with van der Waals surface area (Å²) >= 11 is 0. The van der Waals surface area contributed by atoms with E-state index in [1.807, 2.05) is 17.0 Å². The monoisotopic (exact) mass is 393 g/mol. The molecule has 0 atom stereocenters. The number of benzene rings is 1. The molecule has 0 radical (unpaired) electrons. The molecule has 7 heteroatoms. The summed E-state index contributed by atoms with van der Waals surface area (Å²) in [6.45, 7) is 3.42. The van der Waals surface area contributed by atoms with Crippen LogP contribution in [0.3, 0.4) is 0 Å². The lowest BCUT2D eigenvalue weighted by molar-refractivity contribution is 0.201. The van der Waals surface area contributed by atoms with Crippen LogP contribution in [0.25, 0.3) is 0 Å². The number of aryl methyl sites for hydroxylation is 1. The maximum Gasteiger partial charge on any atom is 0.317 e. The van der Waals surface area contributed by atoms with Gasteiger partial charge in [0, 0.05) is 38.9 Å². The maximum absolute atomic E-state index is 12.5. The number of ether oxygens (including phenoxy) is 1. The number of carbonyl (C=O) groups excluding carboxylic acids is 1. The van der Waals surface area contributed by atoms with E-state index in [4.69, 9.17) is 4.74 Å². The number of rotatable bonds is 6. The van der Waals surface area contributed by atoms with Gasteiger partial charge in [-0.2, -0.15) is 5.26 Å². The second-order valence-electron chi connectivity index (χ2n) is 7.00. The average Bonchev–Trinajstić information content (AvgIpc) is 3.03. The summed E-state index contributed by atoms with van der Waals surface area (Å²) in [7, 11) is 1.66. The van der Waals surface area contributed by atoms with Crippen molar-refractivity contribution in [2.24, 2.45) is 0 Å². The second-order valence-corrected chi connectivity index (χ2v) is 7.00. The molecule has 2 amide bonds. The van der Waals surface area contributed by atoms with Gasteiger partial charge in [-0.05, 0) is 49.1 Å². The molecule has 29 heavy (non-hydrogen) atoms. The van der Waals surface area contributed by atoms with Gasteiger partial charge < -0.3 is 19.9 Å². The van der Waals surface area contributed by atoms with Crippen molar-refractivity contribution < 1.29 is 9.53 Å².